The van der Waals surface area contributed by atoms with E-state index in [1.54, 1.807) is 12.4 Å². The van der Waals surface area contributed by atoms with E-state index in [4.69, 9.17) is 4.98 Å². The fraction of sp³-hybridized carbons (Fsp3) is 0.286. The summed E-state index contributed by atoms with van der Waals surface area (Å²) >= 11 is 0. The number of aromatic nitrogens is 3. The van der Waals surface area contributed by atoms with Crippen molar-refractivity contribution in [2.75, 3.05) is 31.6 Å². The first kappa shape index (κ1) is 16.7. The molecule has 2 aromatic heterocycles. The number of benzene rings is 1. The average molecular weight is 345 g/mol. The lowest BCUT2D eigenvalue weighted by Crippen LogP contribution is -2.52. The molecule has 1 saturated heterocycles. The number of hydrogen-bond acceptors (Lipinski definition) is 5. The number of anilines is 1. The second-order valence-corrected chi connectivity index (χ2v) is 6.72. The van der Waals surface area contributed by atoms with Gasteiger partial charge in [-0.1, -0.05) is 36.4 Å². The first-order chi connectivity index (χ1) is 12.8. The van der Waals surface area contributed by atoms with Crippen molar-refractivity contribution in [1.29, 1.82) is 0 Å². The second kappa shape index (κ2) is 7.62. The van der Waals surface area contributed by atoms with Crippen LogP contribution in [0.1, 0.15) is 5.56 Å². The molecular weight excluding hydrogens is 322 g/mol. The lowest BCUT2D eigenvalue weighted by molar-refractivity contribution is 0.217. The third-order valence-corrected chi connectivity index (χ3v) is 4.94. The predicted molar refractivity (Wildman–Crippen MR) is 104 cm³/mol. The molecular formula is C21H23N5. The number of pyridine rings is 1. The molecule has 1 atom stereocenters. The largest absolute Gasteiger partial charge is 0.354 e. The summed E-state index contributed by atoms with van der Waals surface area (Å²) in [5.74, 6) is 1.67. The SMILES string of the molecule is CN1CCN(c2cccc(-c3ncccn3)n2)CC1Cc1ccccc1. The number of likely N-dealkylation sites (N-methyl/N-ethyl adjacent to an activating group) is 1. The first-order valence-electron chi connectivity index (χ1n) is 9.03. The minimum Gasteiger partial charge on any atom is -0.354 e. The fourth-order valence-corrected chi connectivity index (χ4v) is 3.42. The van der Waals surface area contributed by atoms with Gasteiger partial charge in [0.15, 0.2) is 5.82 Å². The Balaban J connectivity index is 1.53. The zero-order valence-corrected chi connectivity index (χ0v) is 15.0. The molecule has 1 aliphatic rings. The summed E-state index contributed by atoms with van der Waals surface area (Å²) in [5, 5.41) is 0. The van der Waals surface area contributed by atoms with Crippen LogP contribution in [0.3, 0.4) is 0 Å². The predicted octanol–water partition coefficient (Wildman–Crippen LogP) is 2.90. The van der Waals surface area contributed by atoms with Crippen LogP contribution in [0, 0.1) is 0 Å². The van der Waals surface area contributed by atoms with Gasteiger partial charge in [0.1, 0.15) is 11.5 Å². The van der Waals surface area contributed by atoms with Crippen molar-refractivity contribution in [2.24, 2.45) is 0 Å². The van der Waals surface area contributed by atoms with Crippen molar-refractivity contribution < 1.29 is 0 Å². The van der Waals surface area contributed by atoms with E-state index in [1.807, 2.05) is 18.2 Å². The van der Waals surface area contributed by atoms with E-state index in [0.29, 0.717) is 11.9 Å². The minimum absolute atomic E-state index is 0.476. The van der Waals surface area contributed by atoms with Gasteiger partial charge in [0.05, 0.1) is 0 Å². The number of hydrogen-bond donors (Lipinski definition) is 0. The van der Waals surface area contributed by atoms with Crippen LogP contribution in [0.4, 0.5) is 5.82 Å². The van der Waals surface area contributed by atoms with Crippen molar-refractivity contribution in [3.8, 4) is 11.5 Å². The molecule has 3 aromatic rings. The Morgan fingerprint density at radius 3 is 2.54 bits per heavy atom. The van der Waals surface area contributed by atoms with Crippen molar-refractivity contribution in [3.63, 3.8) is 0 Å². The highest BCUT2D eigenvalue weighted by Gasteiger charge is 2.25. The molecule has 0 bridgehead atoms. The van der Waals surface area contributed by atoms with Crippen LogP contribution < -0.4 is 4.90 Å². The van der Waals surface area contributed by atoms with Gasteiger partial charge in [-0.15, -0.1) is 0 Å². The quantitative estimate of drug-likeness (QED) is 0.727. The molecule has 0 saturated carbocycles. The molecule has 4 rings (SSSR count). The van der Waals surface area contributed by atoms with Crippen molar-refractivity contribution in [3.05, 3.63) is 72.6 Å². The molecule has 0 aliphatic carbocycles. The molecule has 26 heavy (non-hydrogen) atoms. The van der Waals surface area contributed by atoms with E-state index < -0.39 is 0 Å². The Morgan fingerprint density at radius 2 is 1.73 bits per heavy atom. The van der Waals surface area contributed by atoms with Crippen LogP contribution in [0.15, 0.2) is 67.0 Å². The van der Waals surface area contributed by atoms with Crippen LogP contribution in [-0.2, 0) is 6.42 Å². The molecule has 132 valence electrons. The van der Waals surface area contributed by atoms with E-state index >= 15 is 0 Å². The summed E-state index contributed by atoms with van der Waals surface area (Å²) < 4.78 is 0. The molecule has 1 aromatic carbocycles. The van der Waals surface area contributed by atoms with Gasteiger partial charge in [0, 0.05) is 38.1 Å². The van der Waals surface area contributed by atoms with Gasteiger partial charge in [-0.3, -0.25) is 4.90 Å². The van der Waals surface area contributed by atoms with Crippen LogP contribution in [-0.4, -0.2) is 52.6 Å². The lowest BCUT2D eigenvalue weighted by Gasteiger charge is -2.40. The first-order valence-corrected chi connectivity index (χ1v) is 9.03. The van der Waals surface area contributed by atoms with Gasteiger partial charge in [-0.25, -0.2) is 15.0 Å². The van der Waals surface area contributed by atoms with E-state index in [1.165, 1.54) is 5.56 Å². The van der Waals surface area contributed by atoms with E-state index in [9.17, 15) is 0 Å². The summed E-state index contributed by atoms with van der Waals surface area (Å²) in [4.78, 5) is 18.3. The highest BCUT2D eigenvalue weighted by molar-refractivity contribution is 5.54. The maximum Gasteiger partial charge on any atom is 0.178 e. The summed E-state index contributed by atoms with van der Waals surface area (Å²) in [6, 6.07) is 19.1. The van der Waals surface area contributed by atoms with Gasteiger partial charge in [-0.05, 0) is 37.2 Å². The van der Waals surface area contributed by atoms with Crippen LogP contribution in [0.2, 0.25) is 0 Å². The standard InChI is InChI=1S/C21H23N5/c1-25-13-14-26(16-18(25)15-17-7-3-2-4-8-17)20-10-5-9-19(24-20)21-22-11-6-12-23-21/h2-12,18H,13-16H2,1H3. The summed E-state index contributed by atoms with van der Waals surface area (Å²) in [6.07, 6.45) is 4.56. The Hall–Kier alpha value is -2.79. The Kier molecular flexibility index (Phi) is 4.88. The van der Waals surface area contributed by atoms with E-state index in [2.05, 4.69) is 63.2 Å². The summed E-state index contributed by atoms with van der Waals surface area (Å²) in [7, 11) is 2.21. The van der Waals surface area contributed by atoms with Gasteiger partial charge in [0.25, 0.3) is 0 Å². The maximum absolute atomic E-state index is 4.82. The molecule has 0 spiro atoms. The number of nitrogens with zero attached hydrogens (tertiary/aromatic N) is 5. The zero-order chi connectivity index (χ0) is 17.8. The molecule has 1 aliphatic heterocycles. The normalized spacial score (nSPS) is 18.0. The van der Waals surface area contributed by atoms with Crippen LogP contribution >= 0.6 is 0 Å². The molecule has 5 heteroatoms. The van der Waals surface area contributed by atoms with Crippen molar-refractivity contribution in [1.82, 2.24) is 19.9 Å². The van der Waals surface area contributed by atoms with Crippen molar-refractivity contribution >= 4 is 5.82 Å². The van der Waals surface area contributed by atoms with Crippen LogP contribution in [0.5, 0.6) is 0 Å². The summed E-state index contributed by atoms with van der Waals surface area (Å²) in [6.45, 7) is 2.98. The third kappa shape index (κ3) is 3.73. The number of rotatable bonds is 4. The van der Waals surface area contributed by atoms with Gasteiger partial charge in [0.2, 0.25) is 0 Å². The van der Waals surface area contributed by atoms with Crippen LogP contribution in [0.25, 0.3) is 11.5 Å². The minimum atomic E-state index is 0.476. The second-order valence-electron chi connectivity index (χ2n) is 6.72. The van der Waals surface area contributed by atoms with Gasteiger partial charge >= 0.3 is 0 Å². The molecule has 1 unspecified atom stereocenters. The highest BCUT2D eigenvalue weighted by Crippen LogP contribution is 2.21. The summed E-state index contributed by atoms with van der Waals surface area (Å²) in [5.41, 5.74) is 2.20. The molecule has 0 amide bonds. The molecule has 0 radical (unpaired) electrons. The highest BCUT2D eigenvalue weighted by atomic mass is 15.3. The third-order valence-electron chi connectivity index (χ3n) is 4.94. The van der Waals surface area contributed by atoms with E-state index in [0.717, 1.165) is 37.6 Å². The molecule has 3 heterocycles. The maximum atomic E-state index is 4.82. The smallest absolute Gasteiger partial charge is 0.178 e. The zero-order valence-electron chi connectivity index (χ0n) is 15.0. The Morgan fingerprint density at radius 1 is 0.923 bits per heavy atom. The molecule has 0 N–H and O–H groups in total. The molecule has 1 fully saturated rings. The Labute approximate surface area is 154 Å². The monoisotopic (exact) mass is 345 g/mol. The van der Waals surface area contributed by atoms with Gasteiger partial charge in [-0.2, -0.15) is 0 Å². The van der Waals surface area contributed by atoms with Crippen molar-refractivity contribution in [2.45, 2.75) is 12.5 Å². The number of piperazine rings is 1. The topological polar surface area (TPSA) is 45.2 Å². The molecule has 5 nitrogen and oxygen atoms in total. The van der Waals surface area contributed by atoms with Gasteiger partial charge < -0.3 is 4.90 Å². The Bertz CT molecular complexity index is 837. The lowest BCUT2D eigenvalue weighted by atomic mass is 10.0. The fourth-order valence-electron chi connectivity index (χ4n) is 3.42. The van der Waals surface area contributed by atoms with E-state index in [-0.39, 0.29) is 0 Å². The average Bonchev–Trinajstić information content (AvgIpc) is 2.71.